The average molecular weight is 400 g/mol. The van der Waals surface area contributed by atoms with Crippen LogP contribution in [0.1, 0.15) is 53.6 Å². The molecule has 0 unspecified atom stereocenters. The molecule has 2 aromatic rings. The molecule has 156 valence electrons. The topological polar surface area (TPSA) is 102 Å². The first kappa shape index (κ1) is 22.1. The van der Waals surface area contributed by atoms with Gasteiger partial charge in [-0.15, -0.1) is 0 Å². The quantitative estimate of drug-likeness (QED) is 0.726. The van der Waals surface area contributed by atoms with Crippen molar-refractivity contribution in [3.8, 4) is 0 Å². The average Bonchev–Trinajstić information content (AvgIpc) is 2.89. The molecule has 0 saturated carbocycles. The van der Waals surface area contributed by atoms with Crippen LogP contribution in [0.3, 0.4) is 0 Å². The largest absolute Gasteiger partial charge is 0.449 e. The van der Waals surface area contributed by atoms with Crippen molar-refractivity contribution in [3.05, 3.63) is 52.3 Å². The zero-order chi connectivity index (χ0) is 21.7. The third kappa shape index (κ3) is 5.91. The summed E-state index contributed by atoms with van der Waals surface area (Å²) in [5.74, 6) is -1.35. The van der Waals surface area contributed by atoms with Gasteiger partial charge in [0.2, 0.25) is 0 Å². The predicted molar refractivity (Wildman–Crippen MR) is 109 cm³/mol. The summed E-state index contributed by atoms with van der Waals surface area (Å²) in [5, 5.41) is 9.12. The highest BCUT2D eigenvalue weighted by molar-refractivity contribution is 5.99. The van der Waals surface area contributed by atoms with Crippen LogP contribution in [0.4, 0.5) is 4.79 Å². The molecule has 0 fully saturated rings. The number of benzene rings is 1. The summed E-state index contributed by atoms with van der Waals surface area (Å²) in [6, 6.07) is 7.31. The highest BCUT2D eigenvalue weighted by atomic mass is 16.5. The number of rotatable bonds is 6. The molecule has 0 spiro atoms. The minimum atomic E-state index is -1.13. The standard InChI is InChI=1S/C21H28N4O4/c1-12(2)22-21(28)23-19(26)16(6)29-20(27)18-14(4)24-25(15(18)5)11-17-9-7-13(3)8-10-17/h7-10,12,16H,11H2,1-6H3,(H2,22,23,26,28)/t16-/m0/s1. The molecule has 1 aromatic carbocycles. The maximum absolute atomic E-state index is 12.6. The zero-order valence-corrected chi connectivity index (χ0v) is 17.7. The lowest BCUT2D eigenvalue weighted by molar-refractivity contribution is -0.127. The second-order valence-corrected chi connectivity index (χ2v) is 7.35. The van der Waals surface area contributed by atoms with Gasteiger partial charge in [-0.1, -0.05) is 29.8 Å². The fraction of sp³-hybridized carbons (Fsp3) is 0.429. The van der Waals surface area contributed by atoms with Crippen LogP contribution in [-0.4, -0.2) is 39.8 Å². The van der Waals surface area contributed by atoms with E-state index in [0.29, 0.717) is 23.5 Å². The number of carbonyl (C=O) groups is 3. The summed E-state index contributed by atoms with van der Waals surface area (Å²) in [6.07, 6.45) is -1.13. The lowest BCUT2D eigenvalue weighted by Crippen LogP contribution is -2.46. The van der Waals surface area contributed by atoms with E-state index in [-0.39, 0.29) is 6.04 Å². The number of aromatic nitrogens is 2. The zero-order valence-electron chi connectivity index (χ0n) is 17.7. The summed E-state index contributed by atoms with van der Waals surface area (Å²) >= 11 is 0. The Bertz CT molecular complexity index is 900. The Morgan fingerprint density at radius 2 is 1.69 bits per heavy atom. The van der Waals surface area contributed by atoms with Crippen LogP contribution in [0.15, 0.2) is 24.3 Å². The molecule has 1 aromatic heterocycles. The number of esters is 1. The van der Waals surface area contributed by atoms with E-state index in [1.54, 1.807) is 32.4 Å². The molecule has 8 nitrogen and oxygen atoms in total. The number of hydrogen-bond donors (Lipinski definition) is 2. The Labute approximate surface area is 170 Å². The van der Waals surface area contributed by atoms with E-state index in [0.717, 1.165) is 5.56 Å². The first-order valence-electron chi connectivity index (χ1n) is 9.50. The molecular formula is C21H28N4O4. The molecule has 3 amide bonds. The van der Waals surface area contributed by atoms with E-state index < -0.39 is 24.0 Å². The van der Waals surface area contributed by atoms with Crippen molar-refractivity contribution >= 4 is 17.9 Å². The van der Waals surface area contributed by atoms with Gasteiger partial charge in [0.15, 0.2) is 6.10 Å². The molecule has 2 rings (SSSR count). The maximum atomic E-state index is 12.6. The number of urea groups is 1. The molecule has 29 heavy (non-hydrogen) atoms. The second kappa shape index (κ2) is 9.36. The third-order valence-electron chi connectivity index (χ3n) is 4.35. The van der Waals surface area contributed by atoms with Crippen LogP contribution in [0, 0.1) is 20.8 Å². The SMILES string of the molecule is Cc1ccc(Cn2nc(C)c(C(=O)O[C@@H](C)C(=O)NC(=O)NC(C)C)c2C)cc1. The van der Waals surface area contributed by atoms with E-state index in [4.69, 9.17) is 4.74 Å². The number of imide groups is 1. The number of hydrogen-bond acceptors (Lipinski definition) is 5. The van der Waals surface area contributed by atoms with Gasteiger partial charge in [0.1, 0.15) is 5.56 Å². The monoisotopic (exact) mass is 400 g/mol. The van der Waals surface area contributed by atoms with E-state index in [1.807, 2.05) is 31.2 Å². The van der Waals surface area contributed by atoms with Crippen molar-refractivity contribution in [3.63, 3.8) is 0 Å². The van der Waals surface area contributed by atoms with E-state index in [9.17, 15) is 14.4 Å². The Kier molecular flexibility index (Phi) is 7.14. The molecule has 0 bridgehead atoms. The second-order valence-electron chi connectivity index (χ2n) is 7.35. The highest BCUT2D eigenvalue weighted by Crippen LogP contribution is 2.17. The van der Waals surface area contributed by atoms with Crippen LogP contribution in [0.25, 0.3) is 0 Å². The summed E-state index contributed by atoms with van der Waals surface area (Å²) in [4.78, 5) is 36.3. The molecule has 0 aliphatic heterocycles. The van der Waals surface area contributed by atoms with Gasteiger partial charge in [-0.2, -0.15) is 5.10 Å². The van der Waals surface area contributed by atoms with Gasteiger partial charge in [-0.05, 0) is 47.1 Å². The molecule has 2 N–H and O–H groups in total. The lowest BCUT2D eigenvalue weighted by Gasteiger charge is -2.14. The number of nitrogens with zero attached hydrogens (tertiary/aromatic N) is 2. The summed E-state index contributed by atoms with van der Waals surface area (Å²) < 4.78 is 6.99. The first-order valence-corrected chi connectivity index (χ1v) is 9.50. The fourth-order valence-electron chi connectivity index (χ4n) is 2.80. The van der Waals surface area contributed by atoms with E-state index >= 15 is 0 Å². The van der Waals surface area contributed by atoms with Gasteiger partial charge < -0.3 is 10.1 Å². The van der Waals surface area contributed by atoms with Gasteiger partial charge in [-0.3, -0.25) is 14.8 Å². The van der Waals surface area contributed by atoms with Gasteiger partial charge in [0.05, 0.1) is 17.9 Å². The predicted octanol–water partition coefficient (Wildman–Crippen LogP) is 2.64. The first-order chi connectivity index (χ1) is 13.6. The number of nitrogens with one attached hydrogen (secondary N) is 2. The van der Waals surface area contributed by atoms with Crippen LogP contribution in [0.5, 0.6) is 0 Å². The number of carbonyl (C=O) groups excluding carboxylic acids is 3. The molecule has 0 saturated heterocycles. The molecular weight excluding hydrogens is 372 g/mol. The lowest BCUT2D eigenvalue weighted by atomic mass is 10.1. The molecule has 0 aliphatic rings. The maximum Gasteiger partial charge on any atom is 0.342 e. The number of amides is 3. The molecule has 8 heteroatoms. The number of aryl methyl sites for hydroxylation is 2. The normalized spacial score (nSPS) is 11.8. The molecule has 1 heterocycles. The van der Waals surface area contributed by atoms with Crippen LogP contribution in [0.2, 0.25) is 0 Å². The van der Waals surface area contributed by atoms with Gasteiger partial charge in [0.25, 0.3) is 5.91 Å². The Morgan fingerprint density at radius 1 is 1.07 bits per heavy atom. The minimum absolute atomic E-state index is 0.120. The molecule has 0 radical (unpaired) electrons. The number of ether oxygens (including phenoxy) is 1. The smallest absolute Gasteiger partial charge is 0.342 e. The van der Waals surface area contributed by atoms with E-state index in [2.05, 4.69) is 15.7 Å². The van der Waals surface area contributed by atoms with E-state index in [1.165, 1.54) is 12.5 Å². The van der Waals surface area contributed by atoms with Crippen molar-refractivity contribution in [2.24, 2.45) is 0 Å². The highest BCUT2D eigenvalue weighted by Gasteiger charge is 2.25. The Hall–Kier alpha value is -3.16. The van der Waals surface area contributed by atoms with Crippen molar-refractivity contribution in [2.75, 3.05) is 0 Å². The molecule has 1 atom stereocenters. The summed E-state index contributed by atoms with van der Waals surface area (Å²) in [5.41, 5.74) is 3.72. The summed E-state index contributed by atoms with van der Waals surface area (Å²) in [6.45, 7) is 11.0. The van der Waals surface area contributed by atoms with Crippen molar-refractivity contribution in [2.45, 2.75) is 60.2 Å². The van der Waals surface area contributed by atoms with Crippen molar-refractivity contribution < 1.29 is 19.1 Å². The van der Waals surface area contributed by atoms with Crippen LogP contribution < -0.4 is 10.6 Å². The van der Waals surface area contributed by atoms with Crippen molar-refractivity contribution in [1.82, 2.24) is 20.4 Å². The van der Waals surface area contributed by atoms with Crippen molar-refractivity contribution in [1.29, 1.82) is 0 Å². The van der Waals surface area contributed by atoms with Gasteiger partial charge in [0, 0.05) is 6.04 Å². The van der Waals surface area contributed by atoms with Gasteiger partial charge >= 0.3 is 12.0 Å². The summed E-state index contributed by atoms with van der Waals surface area (Å²) in [7, 11) is 0. The molecule has 0 aliphatic carbocycles. The van der Waals surface area contributed by atoms with Gasteiger partial charge in [-0.25, -0.2) is 9.59 Å². The van der Waals surface area contributed by atoms with Crippen LogP contribution >= 0.6 is 0 Å². The fourth-order valence-corrected chi connectivity index (χ4v) is 2.80. The third-order valence-corrected chi connectivity index (χ3v) is 4.35. The Balaban J connectivity index is 2.06. The van der Waals surface area contributed by atoms with Crippen LogP contribution in [-0.2, 0) is 16.1 Å². The minimum Gasteiger partial charge on any atom is -0.449 e. The Morgan fingerprint density at radius 3 is 2.28 bits per heavy atom.